The Morgan fingerprint density at radius 1 is 1.73 bits per heavy atom. The van der Waals surface area contributed by atoms with Crippen LogP contribution < -0.4 is 0 Å². The van der Waals surface area contributed by atoms with Crippen molar-refractivity contribution in [3.63, 3.8) is 0 Å². The molecule has 1 fully saturated rings. The van der Waals surface area contributed by atoms with Gasteiger partial charge in [-0.1, -0.05) is 17.7 Å². The molecule has 2 N–H and O–H groups in total. The van der Waals surface area contributed by atoms with Gasteiger partial charge in [0, 0.05) is 11.3 Å². The van der Waals surface area contributed by atoms with Gasteiger partial charge in [-0.3, -0.25) is 10.5 Å². The number of allylic oxidation sites excluding steroid dienone is 2. The highest BCUT2D eigenvalue weighted by atomic mass is 35.5. The van der Waals surface area contributed by atoms with Gasteiger partial charge in [-0.05, 0) is 32.1 Å². The first kappa shape index (κ1) is 10.4. The summed E-state index contributed by atoms with van der Waals surface area (Å²) < 4.78 is 0. The molecule has 0 bridgehead atoms. The second-order valence-electron chi connectivity index (χ2n) is 3.92. The molecule has 4 heteroatoms. The second-order valence-corrected chi connectivity index (χ2v) is 4.33. The first-order valence-corrected chi connectivity index (χ1v) is 5.53. The quantitative estimate of drug-likeness (QED) is 0.758. The lowest BCUT2D eigenvalue weighted by atomic mass is 10.1. The summed E-state index contributed by atoms with van der Waals surface area (Å²) in [5.41, 5.74) is 2.25. The fourth-order valence-corrected chi connectivity index (χ4v) is 1.67. The van der Waals surface area contributed by atoms with Crippen LogP contribution >= 0.6 is 11.6 Å². The summed E-state index contributed by atoms with van der Waals surface area (Å²) in [6.45, 7) is 1.83. The minimum Gasteiger partial charge on any atom is -0.299 e. The second kappa shape index (κ2) is 4.19. The maximum atomic E-state index is 7.90. The third-order valence-corrected chi connectivity index (χ3v) is 3.08. The molecule has 0 spiro atoms. The molecule has 1 saturated carbocycles. The summed E-state index contributed by atoms with van der Waals surface area (Å²) in [5, 5.41) is 15.3. The maximum Gasteiger partial charge on any atom is 0.0829 e. The zero-order valence-corrected chi connectivity index (χ0v) is 9.43. The SMILES string of the molecule is C/C=C(/Cl)C(=N)c1cn[nH]c1CC1CC1. The lowest BCUT2D eigenvalue weighted by Gasteiger charge is -2.02. The van der Waals surface area contributed by atoms with Crippen molar-refractivity contribution in [1.29, 1.82) is 5.41 Å². The third kappa shape index (κ3) is 2.29. The highest BCUT2D eigenvalue weighted by Crippen LogP contribution is 2.33. The molecule has 2 rings (SSSR count). The van der Waals surface area contributed by atoms with E-state index in [1.54, 1.807) is 12.3 Å². The summed E-state index contributed by atoms with van der Waals surface area (Å²) in [4.78, 5) is 0. The standard InChI is InChI=1S/C11H14ClN3/c1-2-9(12)11(13)8-6-14-15-10(8)5-7-3-4-7/h2,6-7,13H,3-5H2,1H3,(H,14,15)/b9-2+,13-11?. The normalized spacial score (nSPS) is 16.8. The van der Waals surface area contributed by atoms with Crippen LogP contribution in [0.4, 0.5) is 0 Å². The molecule has 0 unspecified atom stereocenters. The molecule has 0 atom stereocenters. The van der Waals surface area contributed by atoms with Crippen LogP contribution in [0.3, 0.4) is 0 Å². The van der Waals surface area contributed by atoms with Crippen LogP contribution in [0.5, 0.6) is 0 Å². The van der Waals surface area contributed by atoms with E-state index in [9.17, 15) is 0 Å². The van der Waals surface area contributed by atoms with E-state index in [4.69, 9.17) is 17.0 Å². The Hall–Kier alpha value is -1.09. The van der Waals surface area contributed by atoms with Crippen LogP contribution in [0.25, 0.3) is 0 Å². The number of hydrogen-bond acceptors (Lipinski definition) is 2. The number of nitrogens with one attached hydrogen (secondary N) is 2. The number of rotatable bonds is 4. The van der Waals surface area contributed by atoms with E-state index in [1.165, 1.54) is 12.8 Å². The summed E-state index contributed by atoms with van der Waals surface area (Å²) >= 11 is 5.93. The maximum absolute atomic E-state index is 7.90. The summed E-state index contributed by atoms with van der Waals surface area (Å²) in [5.74, 6) is 0.779. The summed E-state index contributed by atoms with van der Waals surface area (Å²) in [6.07, 6.45) is 7.00. The van der Waals surface area contributed by atoms with Crippen LogP contribution in [0, 0.1) is 11.3 Å². The van der Waals surface area contributed by atoms with Crippen molar-refractivity contribution in [1.82, 2.24) is 10.2 Å². The number of halogens is 1. The van der Waals surface area contributed by atoms with Gasteiger partial charge in [-0.15, -0.1) is 0 Å². The van der Waals surface area contributed by atoms with Gasteiger partial charge in [-0.25, -0.2) is 0 Å². The molecule has 1 aromatic rings. The van der Waals surface area contributed by atoms with Crippen LogP contribution in [0.1, 0.15) is 31.0 Å². The lowest BCUT2D eigenvalue weighted by Crippen LogP contribution is -2.02. The highest BCUT2D eigenvalue weighted by Gasteiger charge is 2.24. The molecule has 3 nitrogen and oxygen atoms in total. The topological polar surface area (TPSA) is 52.5 Å². The van der Waals surface area contributed by atoms with E-state index in [0.717, 1.165) is 23.6 Å². The van der Waals surface area contributed by atoms with Crippen molar-refractivity contribution in [3.8, 4) is 0 Å². The van der Waals surface area contributed by atoms with Gasteiger partial charge < -0.3 is 0 Å². The van der Waals surface area contributed by atoms with Crippen molar-refractivity contribution in [2.24, 2.45) is 5.92 Å². The van der Waals surface area contributed by atoms with Crippen molar-refractivity contribution < 1.29 is 0 Å². The van der Waals surface area contributed by atoms with Crippen molar-refractivity contribution >= 4 is 17.3 Å². The molecule has 1 aliphatic carbocycles. The third-order valence-electron chi connectivity index (χ3n) is 2.67. The van der Waals surface area contributed by atoms with E-state index in [0.29, 0.717) is 10.7 Å². The number of hydrogen-bond donors (Lipinski definition) is 2. The first-order valence-electron chi connectivity index (χ1n) is 5.15. The molecular weight excluding hydrogens is 210 g/mol. The van der Waals surface area contributed by atoms with E-state index in [-0.39, 0.29) is 0 Å². The number of aromatic amines is 1. The molecule has 0 aliphatic heterocycles. The van der Waals surface area contributed by atoms with E-state index in [2.05, 4.69) is 10.2 Å². The van der Waals surface area contributed by atoms with Crippen molar-refractivity contribution in [2.75, 3.05) is 0 Å². The van der Waals surface area contributed by atoms with Crippen LogP contribution in [0.15, 0.2) is 17.3 Å². The van der Waals surface area contributed by atoms with Gasteiger partial charge in [0.2, 0.25) is 0 Å². The van der Waals surface area contributed by atoms with Gasteiger partial charge >= 0.3 is 0 Å². The van der Waals surface area contributed by atoms with Crippen molar-refractivity contribution in [2.45, 2.75) is 26.2 Å². The summed E-state index contributed by atoms with van der Waals surface area (Å²) in [6, 6.07) is 0. The van der Waals surface area contributed by atoms with E-state index >= 15 is 0 Å². The number of nitrogens with zero attached hydrogens (tertiary/aromatic N) is 1. The summed E-state index contributed by atoms with van der Waals surface area (Å²) in [7, 11) is 0. The molecule has 0 radical (unpaired) electrons. The molecule has 1 aliphatic rings. The number of H-pyrrole nitrogens is 1. The average molecular weight is 224 g/mol. The monoisotopic (exact) mass is 223 g/mol. The first-order chi connectivity index (χ1) is 7.22. The Kier molecular flexibility index (Phi) is 2.91. The Morgan fingerprint density at radius 2 is 2.47 bits per heavy atom. The van der Waals surface area contributed by atoms with E-state index < -0.39 is 0 Å². The molecule has 0 aromatic carbocycles. The molecule has 80 valence electrons. The lowest BCUT2D eigenvalue weighted by molar-refractivity contribution is 0.795. The zero-order valence-electron chi connectivity index (χ0n) is 8.68. The Bertz CT molecular complexity index is 402. The molecule has 0 saturated heterocycles. The fraction of sp³-hybridized carbons (Fsp3) is 0.455. The van der Waals surface area contributed by atoms with Crippen LogP contribution in [-0.4, -0.2) is 15.9 Å². The highest BCUT2D eigenvalue weighted by molar-refractivity contribution is 6.45. The van der Waals surface area contributed by atoms with Gasteiger partial charge in [0.05, 0.1) is 16.9 Å². The smallest absolute Gasteiger partial charge is 0.0829 e. The predicted octanol–water partition coefficient (Wildman–Crippen LogP) is 2.87. The minimum absolute atomic E-state index is 0.364. The van der Waals surface area contributed by atoms with Crippen LogP contribution in [-0.2, 0) is 6.42 Å². The molecule has 0 amide bonds. The average Bonchev–Trinajstić information content (AvgIpc) is 2.93. The van der Waals surface area contributed by atoms with Gasteiger partial charge in [-0.2, -0.15) is 5.10 Å². The Morgan fingerprint density at radius 3 is 3.07 bits per heavy atom. The van der Waals surface area contributed by atoms with Crippen molar-refractivity contribution in [3.05, 3.63) is 28.6 Å². The minimum atomic E-state index is 0.364. The Labute approximate surface area is 94.0 Å². The fourth-order valence-electron chi connectivity index (χ4n) is 1.57. The van der Waals surface area contributed by atoms with Gasteiger partial charge in [0.15, 0.2) is 0 Å². The predicted molar refractivity (Wildman–Crippen MR) is 61.5 cm³/mol. The van der Waals surface area contributed by atoms with Gasteiger partial charge in [0.25, 0.3) is 0 Å². The molecule has 1 heterocycles. The molecule has 15 heavy (non-hydrogen) atoms. The van der Waals surface area contributed by atoms with E-state index in [1.807, 2.05) is 6.92 Å². The van der Waals surface area contributed by atoms with Gasteiger partial charge in [0.1, 0.15) is 0 Å². The Balaban J connectivity index is 2.19. The number of aromatic nitrogens is 2. The van der Waals surface area contributed by atoms with Crippen LogP contribution in [0.2, 0.25) is 0 Å². The molecule has 1 aromatic heterocycles. The largest absolute Gasteiger partial charge is 0.299 e. The molecular formula is C11H14ClN3. The zero-order chi connectivity index (χ0) is 10.8.